The summed E-state index contributed by atoms with van der Waals surface area (Å²) >= 11 is 1.23. The van der Waals surface area contributed by atoms with Crippen LogP contribution in [0, 0.1) is 13.8 Å². The normalized spacial score (nSPS) is 17.1. The number of aromatic nitrogens is 4. The number of aryl methyl sites for hydroxylation is 2. The van der Waals surface area contributed by atoms with Crippen LogP contribution < -0.4 is 14.8 Å². The van der Waals surface area contributed by atoms with Crippen LogP contribution >= 0.6 is 11.3 Å². The molecule has 0 bridgehead atoms. The number of rotatable bonds is 8. The number of pyridine rings is 1. The summed E-state index contributed by atoms with van der Waals surface area (Å²) < 4.78 is 90.3. The number of hydrogen-bond acceptors (Lipinski definition) is 11. The van der Waals surface area contributed by atoms with Gasteiger partial charge in [0.05, 0.1) is 29.5 Å². The van der Waals surface area contributed by atoms with Crippen molar-refractivity contribution >= 4 is 39.2 Å². The SMILES string of the molecule is Cc1nc(Oc2cnc(NS(=O)(=O)C(F)F)cc2C)c(-c2ccnc(N[C@@H]3CN(C(=O)OC(C)(C)C)CC(F)(F)C3)n2)s1. The highest BCUT2D eigenvalue weighted by molar-refractivity contribution is 7.92. The Hall–Kier alpha value is -3.80. The number of carbonyl (C=O) groups excluding carboxylic acids is 1. The molecule has 0 aliphatic carbocycles. The third kappa shape index (κ3) is 8.40. The lowest BCUT2D eigenvalue weighted by Gasteiger charge is -2.38. The van der Waals surface area contributed by atoms with E-state index in [0.717, 1.165) is 11.1 Å². The van der Waals surface area contributed by atoms with Gasteiger partial charge in [-0.15, -0.1) is 11.3 Å². The van der Waals surface area contributed by atoms with Gasteiger partial charge in [-0.1, -0.05) is 0 Å². The molecular formula is C25H29F4N7O5S2. The molecule has 12 nitrogen and oxygen atoms in total. The van der Waals surface area contributed by atoms with Gasteiger partial charge in [0.25, 0.3) is 15.9 Å². The van der Waals surface area contributed by atoms with Crippen molar-refractivity contribution in [3.05, 3.63) is 35.1 Å². The summed E-state index contributed by atoms with van der Waals surface area (Å²) in [6, 6.07) is 1.92. The number of likely N-dealkylation sites (tertiary alicyclic amines) is 1. The number of alkyl halides is 4. The van der Waals surface area contributed by atoms with Crippen LogP contribution in [0.5, 0.6) is 11.6 Å². The Balaban J connectivity index is 1.52. The van der Waals surface area contributed by atoms with Gasteiger partial charge in [-0.25, -0.2) is 41.9 Å². The zero-order chi connectivity index (χ0) is 31.7. The van der Waals surface area contributed by atoms with Crippen molar-refractivity contribution in [3.63, 3.8) is 0 Å². The van der Waals surface area contributed by atoms with Crippen molar-refractivity contribution in [1.29, 1.82) is 0 Å². The molecule has 1 atom stereocenters. The van der Waals surface area contributed by atoms with Crippen LogP contribution in [0.3, 0.4) is 0 Å². The van der Waals surface area contributed by atoms with Crippen molar-refractivity contribution in [3.8, 4) is 22.2 Å². The zero-order valence-corrected chi connectivity index (χ0v) is 25.3. The molecule has 3 aromatic rings. The number of halogens is 4. The Morgan fingerprint density at radius 3 is 2.58 bits per heavy atom. The summed E-state index contributed by atoms with van der Waals surface area (Å²) in [6.45, 7) is 7.41. The highest BCUT2D eigenvalue weighted by Gasteiger charge is 2.43. The summed E-state index contributed by atoms with van der Waals surface area (Å²) in [6.07, 6.45) is 1.18. The molecule has 2 N–H and O–H groups in total. The standard InChI is InChI=1S/C25H29F4N7O5S2/c1-13-8-18(35-43(38,39)21(26)27)31-10-17(13)40-20-19(42-14(2)32-20)16-6-7-30-22(34-16)33-15-9-25(28,29)12-36(11-15)23(37)41-24(3,4)5/h6-8,10,15,21H,9,11-12H2,1-5H3,(H,31,35)(H,30,33,34)/t15-/m0/s1. The quantitative estimate of drug-likeness (QED) is 0.304. The van der Waals surface area contributed by atoms with E-state index < -0.39 is 52.4 Å². The molecule has 4 heterocycles. The summed E-state index contributed by atoms with van der Waals surface area (Å²) in [5, 5.41) is 3.49. The molecule has 1 saturated heterocycles. The molecule has 1 aliphatic heterocycles. The van der Waals surface area contributed by atoms with E-state index in [-0.39, 0.29) is 29.9 Å². The van der Waals surface area contributed by atoms with E-state index >= 15 is 0 Å². The summed E-state index contributed by atoms with van der Waals surface area (Å²) in [7, 11) is -4.90. The minimum absolute atomic E-state index is 0.0369. The molecule has 1 fully saturated rings. The number of nitrogens with zero attached hydrogens (tertiary/aromatic N) is 5. The third-order valence-electron chi connectivity index (χ3n) is 5.73. The van der Waals surface area contributed by atoms with Crippen LogP contribution in [0.1, 0.15) is 37.8 Å². The number of amides is 1. The highest BCUT2D eigenvalue weighted by atomic mass is 32.2. The van der Waals surface area contributed by atoms with Crippen molar-refractivity contribution in [2.24, 2.45) is 0 Å². The second-order valence-corrected chi connectivity index (χ2v) is 13.6. The Bertz CT molecular complexity index is 1600. The maximum Gasteiger partial charge on any atom is 0.410 e. The predicted molar refractivity (Wildman–Crippen MR) is 150 cm³/mol. The minimum Gasteiger partial charge on any atom is -0.444 e. The number of sulfonamides is 1. The van der Waals surface area contributed by atoms with Gasteiger partial charge >= 0.3 is 11.9 Å². The van der Waals surface area contributed by atoms with Gasteiger partial charge in [0.15, 0.2) is 5.75 Å². The van der Waals surface area contributed by atoms with E-state index in [0.29, 0.717) is 21.1 Å². The van der Waals surface area contributed by atoms with Crippen molar-refractivity contribution < 1.29 is 40.2 Å². The van der Waals surface area contributed by atoms with Crippen LogP contribution in [0.4, 0.5) is 34.1 Å². The summed E-state index contributed by atoms with van der Waals surface area (Å²) in [4.78, 5) is 30.7. The molecule has 4 rings (SSSR count). The van der Waals surface area contributed by atoms with Gasteiger partial charge in [-0.3, -0.25) is 4.72 Å². The lowest BCUT2D eigenvalue weighted by Crippen LogP contribution is -2.54. The van der Waals surface area contributed by atoms with E-state index in [1.807, 2.05) is 0 Å². The van der Waals surface area contributed by atoms with Gasteiger partial charge in [0, 0.05) is 19.2 Å². The van der Waals surface area contributed by atoms with Crippen LogP contribution in [0.25, 0.3) is 10.6 Å². The van der Waals surface area contributed by atoms with E-state index in [4.69, 9.17) is 9.47 Å². The first kappa shape index (κ1) is 32.1. The zero-order valence-electron chi connectivity index (χ0n) is 23.7. The maximum atomic E-state index is 14.6. The minimum atomic E-state index is -4.90. The van der Waals surface area contributed by atoms with E-state index in [1.54, 1.807) is 45.4 Å². The van der Waals surface area contributed by atoms with Crippen molar-refractivity contribution in [1.82, 2.24) is 24.8 Å². The van der Waals surface area contributed by atoms with Crippen LogP contribution in [0.15, 0.2) is 24.5 Å². The summed E-state index contributed by atoms with van der Waals surface area (Å²) in [5.41, 5.74) is -0.118. The molecule has 1 amide bonds. The van der Waals surface area contributed by atoms with Gasteiger partial charge < -0.3 is 19.7 Å². The fourth-order valence-electron chi connectivity index (χ4n) is 4.04. The van der Waals surface area contributed by atoms with E-state index in [1.165, 1.54) is 23.6 Å². The number of carbonyl (C=O) groups is 1. The molecule has 234 valence electrons. The number of hydrogen-bond donors (Lipinski definition) is 2. The number of anilines is 2. The smallest absolute Gasteiger partial charge is 0.410 e. The molecule has 0 unspecified atom stereocenters. The number of ether oxygens (including phenoxy) is 2. The Kier molecular flexibility index (Phi) is 9.01. The lowest BCUT2D eigenvalue weighted by atomic mass is 10.0. The second kappa shape index (κ2) is 12.1. The molecule has 18 heteroatoms. The molecule has 1 aliphatic rings. The molecule has 0 saturated carbocycles. The van der Waals surface area contributed by atoms with Crippen LogP contribution in [0.2, 0.25) is 0 Å². The monoisotopic (exact) mass is 647 g/mol. The number of nitrogens with one attached hydrogen (secondary N) is 2. The first-order valence-electron chi connectivity index (χ1n) is 12.8. The fraction of sp³-hybridized carbons (Fsp3) is 0.480. The molecule has 0 spiro atoms. The van der Waals surface area contributed by atoms with Gasteiger partial charge in [0.1, 0.15) is 16.3 Å². The Morgan fingerprint density at radius 1 is 1.21 bits per heavy atom. The van der Waals surface area contributed by atoms with Gasteiger partial charge in [0.2, 0.25) is 11.8 Å². The molecule has 43 heavy (non-hydrogen) atoms. The number of thiazole rings is 1. The first-order chi connectivity index (χ1) is 19.9. The highest BCUT2D eigenvalue weighted by Crippen LogP contribution is 2.38. The molecule has 0 aromatic carbocycles. The van der Waals surface area contributed by atoms with E-state index in [2.05, 4.69) is 25.3 Å². The predicted octanol–water partition coefficient (Wildman–Crippen LogP) is 5.43. The molecular weight excluding hydrogens is 618 g/mol. The number of piperidine rings is 1. The average molecular weight is 648 g/mol. The Morgan fingerprint density at radius 2 is 1.93 bits per heavy atom. The second-order valence-electron chi connectivity index (χ2n) is 10.7. The van der Waals surface area contributed by atoms with Crippen molar-refractivity contribution in [2.75, 3.05) is 23.1 Å². The van der Waals surface area contributed by atoms with Gasteiger partial charge in [-0.05, 0) is 52.3 Å². The topological polar surface area (TPSA) is 149 Å². The van der Waals surface area contributed by atoms with E-state index in [9.17, 15) is 30.8 Å². The molecule has 3 aromatic heterocycles. The maximum absolute atomic E-state index is 14.6. The first-order valence-corrected chi connectivity index (χ1v) is 15.1. The third-order valence-corrected chi connectivity index (χ3v) is 7.67. The summed E-state index contributed by atoms with van der Waals surface area (Å²) in [5.74, 6) is -6.78. The van der Waals surface area contributed by atoms with Crippen molar-refractivity contribution in [2.45, 2.75) is 64.4 Å². The molecule has 0 radical (unpaired) electrons. The average Bonchev–Trinajstić information content (AvgIpc) is 3.23. The van der Waals surface area contributed by atoms with Crippen LogP contribution in [-0.2, 0) is 14.8 Å². The van der Waals surface area contributed by atoms with Gasteiger partial charge in [-0.2, -0.15) is 8.78 Å². The van der Waals surface area contributed by atoms with Crippen LogP contribution in [-0.4, -0.2) is 75.8 Å². The Labute approximate surface area is 248 Å². The lowest BCUT2D eigenvalue weighted by molar-refractivity contribution is -0.0723. The largest absolute Gasteiger partial charge is 0.444 e. The fourth-order valence-corrected chi connectivity index (χ4v) is 5.35.